The van der Waals surface area contributed by atoms with Crippen molar-refractivity contribution in [1.82, 2.24) is 20.3 Å². The number of carboxylic acids is 1. The van der Waals surface area contributed by atoms with Gasteiger partial charge in [-0.3, -0.25) is 9.59 Å². The number of carbonyl (C=O) groups is 2. The van der Waals surface area contributed by atoms with Crippen molar-refractivity contribution in [2.45, 2.75) is 45.4 Å². The summed E-state index contributed by atoms with van der Waals surface area (Å²) in [6, 6.07) is 7.23. The molecule has 0 spiro atoms. The molecule has 0 saturated heterocycles. The first-order valence-electron chi connectivity index (χ1n) is 8.73. The van der Waals surface area contributed by atoms with E-state index in [0.717, 1.165) is 30.6 Å². The molecule has 0 unspecified atom stereocenters. The number of hydrogen-bond donors (Lipinski definition) is 2. The predicted octanol–water partition coefficient (Wildman–Crippen LogP) is 3.25. The molecule has 1 heterocycles. The molecular weight excluding hydrogens is 356 g/mol. The van der Waals surface area contributed by atoms with Gasteiger partial charge in [0.05, 0.1) is 11.4 Å². The number of unbranched alkanes of at least 4 members (excludes halogenated alkanes) is 3. The highest BCUT2D eigenvalue weighted by atomic mass is 35.5. The molecular formula is C18H23ClN4O3. The van der Waals surface area contributed by atoms with Crippen molar-refractivity contribution in [3.05, 3.63) is 40.7 Å². The van der Waals surface area contributed by atoms with Crippen molar-refractivity contribution in [2.75, 3.05) is 6.54 Å². The summed E-state index contributed by atoms with van der Waals surface area (Å²) in [5.74, 6) is -1.02. The number of amides is 1. The lowest BCUT2D eigenvalue weighted by atomic mass is 10.1. The molecule has 1 amide bonds. The first-order chi connectivity index (χ1) is 12.5. The predicted molar refractivity (Wildman–Crippen MR) is 98.8 cm³/mol. The van der Waals surface area contributed by atoms with Gasteiger partial charge in [0.25, 0.3) is 5.91 Å². The molecule has 0 fully saturated rings. The van der Waals surface area contributed by atoms with Crippen LogP contribution < -0.4 is 5.32 Å². The Morgan fingerprint density at radius 3 is 2.69 bits per heavy atom. The number of nitrogens with zero attached hydrogens (tertiary/aromatic N) is 3. The molecule has 2 rings (SSSR count). The van der Waals surface area contributed by atoms with Crippen LogP contribution in [0.25, 0.3) is 5.69 Å². The number of carbonyl (C=O) groups excluding carboxylic acids is 1. The Morgan fingerprint density at radius 2 is 2.00 bits per heavy atom. The molecule has 2 N–H and O–H groups in total. The van der Waals surface area contributed by atoms with E-state index >= 15 is 0 Å². The maximum atomic E-state index is 12.4. The van der Waals surface area contributed by atoms with Crippen LogP contribution in [0.3, 0.4) is 0 Å². The Kier molecular flexibility index (Phi) is 7.59. The third-order valence-corrected chi connectivity index (χ3v) is 4.20. The molecule has 2 aromatic rings. The summed E-state index contributed by atoms with van der Waals surface area (Å²) in [7, 11) is 0. The van der Waals surface area contributed by atoms with E-state index in [1.807, 2.05) is 19.1 Å². The normalized spacial score (nSPS) is 10.7. The van der Waals surface area contributed by atoms with Gasteiger partial charge in [-0.1, -0.05) is 42.6 Å². The lowest BCUT2D eigenvalue weighted by Gasteiger charge is -2.07. The molecule has 0 aliphatic rings. The first kappa shape index (κ1) is 19.9. The third kappa shape index (κ3) is 5.56. The van der Waals surface area contributed by atoms with Crippen LogP contribution in [0, 0.1) is 0 Å². The molecule has 0 saturated carbocycles. The summed E-state index contributed by atoms with van der Waals surface area (Å²) in [6.45, 7) is 2.47. The fraction of sp³-hybridized carbons (Fsp3) is 0.444. The lowest BCUT2D eigenvalue weighted by molar-refractivity contribution is -0.137. The van der Waals surface area contributed by atoms with Gasteiger partial charge in [0, 0.05) is 18.0 Å². The summed E-state index contributed by atoms with van der Waals surface area (Å²) >= 11 is 6.02. The zero-order valence-corrected chi connectivity index (χ0v) is 15.5. The van der Waals surface area contributed by atoms with E-state index in [4.69, 9.17) is 16.7 Å². The molecule has 1 aromatic heterocycles. The Balaban J connectivity index is 1.90. The van der Waals surface area contributed by atoms with Crippen LogP contribution in [0.2, 0.25) is 5.02 Å². The fourth-order valence-corrected chi connectivity index (χ4v) is 2.84. The molecule has 0 bridgehead atoms. The summed E-state index contributed by atoms with van der Waals surface area (Å²) < 4.78 is 1.63. The highest BCUT2D eigenvalue weighted by Gasteiger charge is 2.19. The summed E-state index contributed by atoms with van der Waals surface area (Å²) in [6.07, 6.45) is 3.99. The fourth-order valence-electron chi connectivity index (χ4n) is 2.65. The van der Waals surface area contributed by atoms with Gasteiger partial charge < -0.3 is 10.4 Å². The van der Waals surface area contributed by atoms with Crippen LogP contribution >= 0.6 is 11.6 Å². The molecule has 0 atom stereocenters. The van der Waals surface area contributed by atoms with Crippen LogP contribution in [0.4, 0.5) is 0 Å². The quantitative estimate of drug-likeness (QED) is 0.618. The SMILES string of the molecule is CCc1c(C(=O)NCCCCCCC(=O)O)nnn1-c1cccc(Cl)c1. The topological polar surface area (TPSA) is 97.1 Å². The number of aromatic nitrogens is 3. The number of hydrogen-bond acceptors (Lipinski definition) is 4. The van der Waals surface area contributed by atoms with Gasteiger partial charge in [-0.2, -0.15) is 0 Å². The van der Waals surface area contributed by atoms with Crippen LogP contribution in [-0.4, -0.2) is 38.5 Å². The highest BCUT2D eigenvalue weighted by Crippen LogP contribution is 2.17. The highest BCUT2D eigenvalue weighted by molar-refractivity contribution is 6.30. The van der Waals surface area contributed by atoms with Crippen LogP contribution in [0.1, 0.15) is 55.2 Å². The smallest absolute Gasteiger partial charge is 0.303 e. The Morgan fingerprint density at radius 1 is 1.23 bits per heavy atom. The third-order valence-electron chi connectivity index (χ3n) is 3.97. The van der Waals surface area contributed by atoms with Gasteiger partial charge in [-0.25, -0.2) is 4.68 Å². The Hall–Kier alpha value is -2.41. The molecule has 140 valence electrons. The summed E-state index contributed by atoms with van der Waals surface area (Å²) in [5.41, 5.74) is 1.81. The first-order valence-corrected chi connectivity index (χ1v) is 9.11. The number of nitrogens with one attached hydrogen (secondary N) is 1. The van der Waals surface area contributed by atoms with Crippen molar-refractivity contribution < 1.29 is 14.7 Å². The van der Waals surface area contributed by atoms with Crippen molar-refractivity contribution in [3.63, 3.8) is 0 Å². The van der Waals surface area contributed by atoms with E-state index in [-0.39, 0.29) is 12.3 Å². The Labute approximate surface area is 157 Å². The van der Waals surface area contributed by atoms with Crippen LogP contribution in [0.15, 0.2) is 24.3 Å². The average Bonchev–Trinajstić information content (AvgIpc) is 3.04. The second-order valence-electron chi connectivity index (χ2n) is 5.94. The van der Waals surface area contributed by atoms with E-state index in [1.54, 1.807) is 16.8 Å². The van der Waals surface area contributed by atoms with Gasteiger partial charge in [0.1, 0.15) is 0 Å². The number of aliphatic carboxylic acids is 1. The number of benzene rings is 1. The minimum Gasteiger partial charge on any atom is -0.481 e. The van der Waals surface area contributed by atoms with E-state index < -0.39 is 5.97 Å². The monoisotopic (exact) mass is 378 g/mol. The van der Waals surface area contributed by atoms with Crippen molar-refractivity contribution in [2.24, 2.45) is 0 Å². The largest absolute Gasteiger partial charge is 0.481 e. The number of rotatable bonds is 10. The van der Waals surface area contributed by atoms with Crippen molar-refractivity contribution in [3.8, 4) is 5.69 Å². The van der Waals surface area contributed by atoms with Gasteiger partial charge in [-0.05, 0) is 37.5 Å². The molecule has 1 aromatic carbocycles. The second-order valence-corrected chi connectivity index (χ2v) is 6.38. The second kappa shape index (κ2) is 9.91. The van der Waals surface area contributed by atoms with E-state index in [9.17, 15) is 9.59 Å². The minimum absolute atomic E-state index is 0.193. The molecule has 26 heavy (non-hydrogen) atoms. The van der Waals surface area contributed by atoms with Crippen molar-refractivity contribution in [1.29, 1.82) is 0 Å². The molecule has 0 aliphatic carbocycles. The van der Waals surface area contributed by atoms with Crippen LogP contribution in [0.5, 0.6) is 0 Å². The van der Waals surface area contributed by atoms with Gasteiger partial charge >= 0.3 is 5.97 Å². The van der Waals surface area contributed by atoms with Crippen molar-refractivity contribution >= 4 is 23.5 Å². The lowest BCUT2D eigenvalue weighted by Crippen LogP contribution is -2.26. The molecule has 7 nitrogen and oxygen atoms in total. The van der Waals surface area contributed by atoms with Gasteiger partial charge in [0.15, 0.2) is 5.69 Å². The zero-order valence-electron chi connectivity index (χ0n) is 14.7. The molecule has 0 radical (unpaired) electrons. The summed E-state index contributed by atoms with van der Waals surface area (Å²) in [5, 5.41) is 20.2. The number of carboxylic acid groups (broad SMARTS) is 1. The number of halogens is 1. The van der Waals surface area contributed by atoms with Gasteiger partial charge in [-0.15, -0.1) is 5.10 Å². The average molecular weight is 379 g/mol. The van der Waals surface area contributed by atoms with Gasteiger partial charge in [0.2, 0.25) is 0 Å². The van der Waals surface area contributed by atoms with E-state index in [2.05, 4.69) is 15.6 Å². The van der Waals surface area contributed by atoms with Crippen LogP contribution in [-0.2, 0) is 11.2 Å². The maximum Gasteiger partial charge on any atom is 0.303 e. The Bertz CT molecular complexity index is 761. The molecule has 0 aliphatic heterocycles. The van der Waals surface area contributed by atoms with E-state index in [1.165, 1.54) is 0 Å². The minimum atomic E-state index is -0.770. The molecule has 8 heteroatoms. The maximum absolute atomic E-state index is 12.4. The standard InChI is InChI=1S/C18H23ClN4O3/c1-2-15-17(18(26)20-11-6-4-3-5-10-16(24)25)21-22-23(15)14-9-7-8-13(19)12-14/h7-9,12H,2-6,10-11H2,1H3,(H,20,26)(H,24,25). The zero-order chi connectivity index (χ0) is 18.9. The van der Waals surface area contributed by atoms with E-state index in [0.29, 0.717) is 30.1 Å². The summed E-state index contributed by atoms with van der Waals surface area (Å²) in [4.78, 5) is 22.8.